The number of nitrogens with one attached hydrogen (secondary N) is 1. The quantitative estimate of drug-likeness (QED) is 0.693. The number of anilines is 1. The average Bonchev–Trinajstić information content (AvgIpc) is 2.16. The van der Waals surface area contributed by atoms with Gasteiger partial charge in [-0.2, -0.15) is 0 Å². The number of hydrogen-bond donors (Lipinski definition) is 1. The normalized spacial score (nSPS) is 14.6. The van der Waals surface area contributed by atoms with Crippen LogP contribution in [0.1, 0.15) is 17.5 Å². The fourth-order valence-corrected chi connectivity index (χ4v) is 1.52. The van der Waals surface area contributed by atoms with Gasteiger partial charge in [0, 0.05) is 12.1 Å². The molecule has 1 amide bonds. The molecule has 0 aromatic heterocycles. The summed E-state index contributed by atoms with van der Waals surface area (Å²) in [5.41, 5.74) is 3.19. The van der Waals surface area contributed by atoms with Gasteiger partial charge in [0.25, 0.3) is 0 Å². The van der Waals surface area contributed by atoms with Crippen LogP contribution in [0.5, 0.6) is 0 Å². The van der Waals surface area contributed by atoms with E-state index in [1.54, 1.807) is 6.08 Å². The van der Waals surface area contributed by atoms with Gasteiger partial charge in [-0.25, -0.2) is 0 Å². The molecule has 66 valence electrons. The minimum Gasteiger partial charge on any atom is -0.326 e. The van der Waals surface area contributed by atoms with Crippen molar-refractivity contribution < 1.29 is 4.79 Å². The summed E-state index contributed by atoms with van der Waals surface area (Å²) >= 11 is 0. The number of carbonyl (C=O) groups excluding carboxylic acids is 1. The van der Waals surface area contributed by atoms with Crippen LogP contribution >= 0.6 is 0 Å². The van der Waals surface area contributed by atoms with E-state index in [0.717, 1.165) is 17.7 Å². The number of fused-ring (bicyclic) bond motifs is 1. The molecule has 1 aliphatic heterocycles. The third-order valence-electron chi connectivity index (χ3n) is 2.27. The van der Waals surface area contributed by atoms with Gasteiger partial charge in [0.2, 0.25) is 5.91 Å². The van der Waals surface area contributed by atoms with E-state index in [-0.39, 0.29) is 5.91 Å². The van der Waals surface area contributed by atoms with Crippen molar-refractivity contribution in [2.24, 2.45) is 0 Å². The van der Waals surface area contributed by atoms with Gasteiger partial charge in [0.15, 0.2) is 0 Å². The van der Waals surface area contributed by atoms with E-state index in [1.165, 1.54) is 5.56 Å². The molecule has 1 heterocycles. The zero-order valence-electron chi connectivity index (χ0n) is 7.34. The van der Waals surface area contributed by atoms with Crippen LogP contribution in [0, 0.1) is 0 Å². The molecule has 0 saturated heterocycles. The Balaban J connectivity index is 2.43. The van der Waals surface area contributed by atoms with E-state index in [0.29, 0.717) is 6.42 Å². The highest BCUT2D eigenvalue weighted by Crippen LogP contribution is 2.23. The van der Waals surface area contributed by atoms with E-state index in [9.17, 15) is 4.79 Å². The second-order valence-corrected chi connectivity index (χ2v) is 3.17. The van der Waals surface area contributed by atoms with Crippen LogP contribution in [0.3, 0.4) is 0 Å². The van der Waals surface area contributed by atoms with Gasteiger partial charge < -0.3 is 5.32 Å². The molecule has 0 fully saturated rings. The zero-order valence-corrected chi connectivity index (χ0v) is 7.34. The zero-order chi connectivity index (χ0) is 9.26. The second-order valence-electron chi connectivity index (χ2n) is 3.17. The van der Waals surface area contributed by atoms with E-state index < -0.39 is 0 Å². The van der Waals surface area contributed by atoms with Gasteiger partial charge in [0.1, 0.15) is 0 Å². The van der Waals surface area contributed by atoms with Crippen molar-refractivity contribution in [1.29, 1.82) is 0 Å². The smallest absolute Gasteiger partial charge is 0.224 e. The molecule has 1 N–H and O–H groups in total. The third-order valence-corrected chi connectivity index (χ3v) is 2.27. The Bertz CT molecular complexity index is 368. The first-order valence-corrected chi connectivity index (χ1v) is 4.35. The van der Waals surface area contributed by atoms with Crippen LogP contribution in [0.25, 0.3) is 6.08 Å². The second kappa shape index (κ2) is 3.05. The number of rotatable bonds is 1. The lowest BCUT2D eigenvalue weighted by atomic mass is 10.0. The largest absolute Gasteiger partial charge is 0.326 e. The van der Waals surface area contributed by atoms with Gasteiger partial charge in [-0.3, -0.25) is 4.79 Å². The first kappa shape index (κ1) is 8.05. The fraction of sp³-hybridized carbons (Fsp3) is 0.182. The topological polar surface area (TPSA) is 29.1 Å². The first-order chi connectivity index (χ1) is 6.29. The summed E-state index contributed by atoms with van der Waals surface area (Å²) in [7, 11) is 0. The molecule has 1 aromatic carbocycles. The SMILES string of the molecule is C=Cc1ccc2c(c1)NC(=O)CC2. The average molecular weight is 173 g/mol. The molecule has 2 nitrogen and oxygen atoms in total. The summed E-state index contributed by atoms with van der Waals surface area (Å²) in [4.78, 5) is 11.1. The van der Waals surface area contributed by atoms with Crippen molar-refractivity contribution >= 4 is 17.7 Å². The highest BCUT2D eigenvalue weighted by atomic mass is 16.1. The van der Waals surface area contributed by atoms with Gasteiger partial charge in [0.05, 0.1) is 0 Å². The molecule has 1 aliphatic rings. The number of amides is 1. The summed E-state index contributed by atoms with van der Waals surface area (Å²) < 4.78 is 0. The number of aryl methyl sites for hydroxylation is 1. The molecule has 13 heavy (non-hydrogen) atoms. The maximum atomic E-state index is 11.1. The van der Waals surface area contributed by atoms with Crippen LogP contribution in [-0.2, 0) is 11.2 Å². The molecule has 2 heteroatoms. The van der Waals surface area contributed by atoms with Crippen molar-refractivity contribution in [3.8, 4) is 0 Å². The van der Waals surface area contributed by atoms with Crippen molar-refractivity contribution in [2.45, 2.75) is 12.8 Å². The summed E-state index contributed by atoms with van der Waals surface area (Å²) in [6, 6.07) is 6.02. The molecule has 0 aliphatic carbocycles. The van der Waals surface area contributed by atoms with E-state index in [1.807, 2.05) is 18.2 Å². The molecule has 0 bridgehead atoms. The predicted octanol–water partition coefficient (Wildman–Crippen LogP) is 2.21. The number of carbonyl (C=O) groups is 1. The minimum atomic E-state index is 0.105. The van der Waals surface area contributed by atoms with Crippen LogP contribution in [0.15, 0.2) is 24.8 Å². The molecular formula is C11H11NO. The summed E-state index contributed by atoms with van der Waals surface area (Å²) in [5, 5.41) is 2.85. The standard InChI is InChI=1S/C11H11NO/c1-2-8-3-4-9-5-6-11(13)12-10(9)7-8/h2-4,7H,1,5-6H2,(H,12,13). The predicted molar refractivity (Wildman–Crippen MR) is 53.5 cm³/mol. The van der Waals surface area contributed by atoms with Crippen LogP contribution in [0.2, 0.25) is 0 Å². The highest BCUT2D eigenvalue weighted by Gasteiger charge is 2.13. The van der Waals surface area contributed by atoms with Crippen molar-refractivity contribution in [3.05, 3.63) is 35.9 Å². The van der Waals surface area contributed by atoms with Crippen molar-refractivity contribution in [2.75, 3.05) is 5.32 Å². The molecule has 1 aromatic rings. The first-order valence-electron chi connectivity index (χ1n) is 4.35. The number of benzene rings is 1. The fourth-order valence-electron chi connectivity index (χ4n) is 1.52. The van der Waals surface area contributed by atoms with Gasteiger partial charge in [-0.05, 0) is 23.6 Å². The molecular weight excluding hydrogens is 162 g/mol. The Labute approximate surface area is 77.3 Å². The molecule has 0 saturated carbocycles. The Morgan fingerprint density at radius 1 is 1.38 bits per heavy atom. The number of hydrogen-bond acceptors (Lipinski definition) is 1. The summed E-state index contributed by atoms with van der Waals surface area (Å²) in [6.45, 7) is 3.69. The van der Waals surface area contributed by atoms with Crippen molar-refractivity contribution in [3.63, 3.8) is 0 Å². The van der Waals surface area contributed by atoms with Crippen LogP contribution in [0.4, 0.5) is 5.69 Å². The Kier molecular flexibility index (Phi) is 1.89. The van der Waals surface area contributed by atoms with E-state index in [4.69, 9.17) is 0 Å². The lowest BCUT2D eigenvalue weighted by Crippen LogP contribution is -2.18. The van der Waals surface area contributed by atoms with Crippen LogP contribution in [-0.4, -0.2) is 5.91 Å². The van der Waals surface area contributed by atoms with E-state index >= 15 is 0 Å². The third kappa shape index (κ3) is 1.47. The lowest BCUT2D eigenvalue weighted by molar-refractivity contribution is -0.116. The van der Waals surface area contributed by atoms with E-state index in [2.05, 4.69) is 11.9 Å². The highest BCUT2D eigenvalue weighted by molar-refractivity contribution is 5.94. The monoisotopic (exact) mass is 173 g/mol. The molecule has 0 atom stereocenters. The van der Waals surface area contributed by atoms with Crippen LogP contribution < -0.4 is 5.32 Å². The van der Waals surface area contributed by atoms with Gasteiger partial charge >= 0.3 is 0 Å². The van der Waals surface area contributed by atoms with Gasteiger partial charge in [-0.15, -0.1) is 0 Å². The molecule has 0 spiro atoms. The lowest BCUT2D eigenvalue weighted by Gasteiger charge is -2.16. The maximum absolute atomic E-state index is 11.1. The Hall–Kier alpha value is -1.57. The molecule has 0 unspecified atom stereocenters. The summed E-state index contributed by atoms with van der Waals surface area (Å²) in [5.74, 6) is 0.105. The maximum Gasteiger partial charge on any atom is 0.224 e. The molecule has 2 rings (SSSR count). The Morgan fingerprint density at radius 2 is 2.23 bits per heavy atom. The summed E-state index contributed by atoms with van der Waals surface area (Å²) in [6.07, 6.45) is 3.22. The molecule has 0 radical (unpaired) electrons. The van der Waals surface area contributed by atoms with Crippen molar-refractivity contribution in [1.82, 2.24) is 0 Å². The van der Waals surface area contributed by atoms with Gasteiger partial charge in [-0.1, -0.05) is 24.8 Å². The minimum absolute atomic E-state index is 0.105. The Morgan fingerprint density at radius 3 is 3.00 bits per heavy atom.